The summed E-state index contributed by atoms with van der Waals surface area (Å²) in [6.45, 7) is 2.33. The molecule has 1 aliphatic heterocycles. The van der Waals surface area contributed by atoms with E-state index in [0.29, 0.717) is 35.5 Å². The van der Waals surface area contributed by atoms with E-state index in [1.165, 1.54) is 19.3 Å². The third kappa shape index (κ3) is 2.34. The number of aromatic nitrogens is 4. The number of ether oxygens (including phenoxy) is 1. The Morgan fingerprint density at radius 3 is 3.18 bits per heavy atom. The van der Waals surface area contributed by atoms with Gasteiger partial charge in [0.2, 0.25) is 0 Å². The fourth-order valence-corrected chi connectivity index (χ4v) is 3.72. The molecule has 0 spiro atoms. The highest BCUT2D eigenvalue weighted by Gasteiger charge is 2.34. The minimum Gasteiger partial charge on any atom is -0.375 e. The van der Waals surface area contributed by atoms with E-state index in [9.17, 15) is 4.79 Å². The monoisotopic (exact) mass is 303 g/mol. The van der Waals surface area contributed by atoms with Gasteiger partial charge in [-0.05, 0) is 12.8 Å². The van der Waals surface area contributed by atoms with E-state index in [1.807, 2.05) is 7.05 Å². The molecule has 1 aliphatic carbocycles. The first kappa shape index (κ1) is 13.9. The molecule has 2 atom stereocenters. The highest BCUT2D eigenvalue weighted by atomic mass is 16.5. The van der Waals surface area contributed by atoms with E-state index >= 15 is 0 Å². The van der Waals surface area contributed by atoms with Gasteiger partial charge in [0.1, 0.15) is 11.2 Å². The van der Waals surface area contributed by atoms with Gasteiger partial charge in [0.05, 0.1) is 25.5 Å². The number of hydrogen-bond donors (Lipinski definition) is 1. The standard InChI is InChI=1S/C15H21N5O2/c1-19-14-10(8-16-19)15(21)18-13(17-14)9-20-6-7-22-12-5-3-2-4-11(12)20/h8,11-12H,2-7,9H2,1H3,(H,17,18,21)/t11-,12-/m0/s1. The fraction of sp³-hybridized carbons (Fsp3) is 0.667. The molecule has 0 bridgehead atoms. The lowest BCUT2D eigenvalue weighted by Crippen LogP contribution is -2.52. The Hall–Kier alpha value is -1.73. The third-order valence-corrected chi connectivity index (χ3v) is 4.85. The molecule has 7 heteroatoms. The summed E-state index contributed by atoms with van der Waals surface area (Å²) < 4.78 is 7.55. The fourth-order valence-electron chi connectivity index (χ4n) is 3.72. The molecule has 0 aromatic carbocycles. The summed E-state index contributed by atoms with van der Waals surface area (Å²) in [5.41, 5.74) is 0.536. The van der Waals surface area contributed by atoms with E-state index in [-0.39, 0.29) is 5.56 Å². The lowest BCUT2D eigenvalue weighted by atomic mass is 9.90. The minimum atomic E-state index is -0.110. The topological polar surface area (TPSA) is 76.0 Å². The molecular formula is C15H21N5O2. The summed E-state index contributed by atoms with van der Waals surface area (Å²) in [6.07, 6.45) is 6.73. The lowest BCUT2D eigenvalue weighted by molar-refractivity contribution is -0.0918. The average molecular weight is 303 g/mol. The van der Waals surface area contributed by atoms with Gasteiger partial charge in [-0.15, -0.1) is 0 Å². The van der Waals surface area contributed by atoms with Crippen LogP contribution < -0.4 is 5.56 Å². The zero-order valence-electron chi connectivity index (χ0n) is 12.8. The van der Waals surface area contributed by atoms with Crippen molar-refractivity contribution in [2.24, 2.45) is 7.05 Å². The van der Waals surface area contributed by atoms with Crippen LogP contribution in [0.4, 0.5) is 0 Å². The van der Waals surface area contributed by atoms with E-state index in [1.54, 1.807) is 10.9 Å². The summed E-state index contributed by atoms with van der Waals surface area (Å²) in [4.78, 5) is 22.0. The van der Waals surface area contributed by atoms with Crippen LogP contribution in [0.25, 0.3) is 11.0 Å². The number of morpholine rings is 1. The van der Waals surface area contributed by atoms with Crippen molar-refractivity contribution in [1.29, 1.82) is 0 Å². The number of nitrogens with zero attached hydrogens (tertiary/aromatic N) is 4. The normalized spacial score (nSPS) is 26.2. The van der Waals surface area contributed by atoms with Crippen LogP contribution in [0.2, 0.25) is 0 Å². The largest absolute Gasteiger partial charge is 0.375 e. The predicted octanol–water partition coefficient (Wildman–Crippen LogP) is 0.800. The molecule has 0 unspecified atom stereocenters. The molecule has 22 heavy (non-hydrogen) atoms. The number of hydrogen-bond acceptors (Lipinski definition) is 5. The third-order valence-electron chi connectivity index (χ3n) is 4.85. The van der Waals surface area contributed by atoms with Crippen molar-refractivity contribution in [2.75, 3.05) is 13.2 Å². The molecule has 118 valence electrons. The Morgan fingerprint density at radius 1 is 1.41 bits per heavy atom. The van der Waals surface area contributed by atoms with Crippen molar-refractivity contribution in [3.05, 3.63) is 22.4 Å². The molecule has 0 amide bonds. The van der Waals surface area contributed by atoms with Gasteiger partial charge < -0.3 is 9.72 Å². The average Bonchev–Trinajstić information content (AvgIpc) is 2.90. The Balaban J connectivity index is 1.62. The van der Waals surface area contributed by atoms with E-state index in [2.05, 4.69) is 20.0 Å². The quantitative estimate of drug-likeness (QED) is 0.888. The molecule has 2 aromatic rings. The molecule has 2 fully saturated rings. The zero-order chi connectivity index (χ0) is 15.1. The molecular weight excluding hydrogens is 282 g/mol. The van der Waals surface area contributed by atoms with Crippen LogP contribution in [0.15, 0.2) is 11.0 Å². The summed E-state index contributed by atoms with van der Waals surface area (Å²) in [6, 6.07) is 0.454. The van der Waals surface area contributed by atoms with Crippen LogP contribution in [0, 0.1) is 0 Å². The van der Waals surface area contributed by atoms with E-state index in [4.69, 9.17) is 4.74 Å². The Labute approximate surface area is 128 Å². The van der Waals surface area contributed by atoms with Crippen LogP contribution in [0.1, 0.15) is 31.5 Å². The van der Waals surface area contributed by atoms with E-state index in [0.717, 1.165) is 19.6 Å². The van der Waals surface area contributed by atoms with Gasteiger partial charge >= 0.3 is 0 Å². The first-order valence-corrected chi connectivity index (χ1v) is 7.99. The van der Waals surface area contributed by atoms with Gasteiger partial charge in [-0.25, -0.2) is 4.98 Å². The summed E-state index contributed by atoms with van der Waals surface area (Å²) >= 11 is 0. The summed E-state index contributed by atoms with van der Waals surface area (Å²) in [5, 5.41) is 4.66. The molecule has 3 heterocycles. The Morgan fingerprint density at radius 2 is 2.27 bits per heavy atom. The number of fused-ring (bicyclic) bond motifs is 2. The molecule has 4 rings (SSSR count). The highest BCUT2D eigenvalue weighted by Crippen LogP contribution is 2.29. The maximum atomic E-state index is 12.1. The minimum absolute atomic E-state index is 0.110. The van der Waals surface area contributed by atoms with Crippen LogP contribution in [-0.4, -0.2) is 49.9 Å². The van der Waals surface area contributed by atoms with Gasteiger partial charge in [0, 0.05) is 19.6 Å². The summed E-state index contributed by atoms with van der Waals surface area (Å²) in [7, 11) is 1.81. The first-order valence-electron chi connectivity index (χ1n) is 7.99. The molecule has 1 saturated heterocycles. The predicted molar refractivity (Wildman–Crippen MR) is 81.5 cm³/mol. The van der Waals surface area contributed by atoms with Crippen molar-refractivity contribution in [1.82, 2.24) is 24.6 Å². The van der Waals surface area contributed by atoms with Gasteiger partial charge in [-0.3, -0.25) is 14.4 Å². The van der Waals surface area contributed by atoms with Crippen LogP contribution >= 0.6 is 0 Å². The van der Waals surface area contributed by atoms with E-state index < -0.39 is 0 Å². The van der Waals surface area contributed by atoms with Gasteiger partial charge in [0.25, 0.3) is 5.56 Å². The Bertz CT molecular complexity index is 735. The molecule has 7 nitrogen and oxygen atoms in total. The second-order valence-corrected chi connectivity index (χ2v) is 6.25. The maximum Gasteiger partial charge on any atom is 0.262 e. The number of aromatic amines is 1. The second kappa shape index (κ2) is 5.48. The maximum absolute atomic E-state index is 12.1. The summed E-state index contributed by atoms with van der Waals surface area (Å²) in [5.74, 6) is 0.715. The first-order chi connectivity index (χ1) is 10.7. The smallest absolute Gasteiger partial charge is 0.262 e. The molecule has 0 radical (unpaired) electrons. The van der Waals surface area contributed by atoms with Crippen molar-refractivity contribution in [3.63, 3.8) is 0 Å². The van der Waals surface area contributed by atoms with Crippen molar-refractivity contribution < 1.29 is 4.74 Å². The van der Waals surface area contributed by atoms with Crippen molar-refractivity contribution in [3.8, 4) is 0 Å². The molecule has 1 saturated carbocycles. The molecule has 2 aliphatic rings. The van der Waals surface area contributed by atoms with Gasteiger partial charge in [-0.1, -0.05) is 12.8 Å². The molecule has 1 N–H and O–H groups in total. The number of nitrogens with one attached hydrogen (secondary N) is 1. The molecule has 2 aromatic heterocycles. The highest BCUT2D eigenvalue weighted by molar-refractivity contribution is 5.72. The lowest BCUT2D eigenvalue weighted by Gasteiger charge is -2.43. The van der Waals surface area contributed by atoms with Crippen LogP contribution in [-0.2, 0) is 18.3 Å². The van der Waals surface area contributed by atoms with Crippen molar-refractivity contribution >= 4 is 11.0 Å². The van der Waals surface area contributed by atoms with Crippen LogP contribution in [0.3, 0.4) is 0 Å². The number of aryl methyl sites for hydroxylation is 1. The number of rotatable bonds is 2. The van der Waals surface area contributed by atoms with Gasteiger partial charge in [0.15, 0.2) is 5.65 Å². The van der Waals surface area contributed by atoms with Gasteiger partial charge in [-0.2, -0.15) is 5.10 Å². The number of H-pyrrole nitrogens is 1. The van der Waals surface area contributed by atoms with Crippen molar-refractivity contribution in [2.45, 2.75) is 44.4 Å². The SMILES string of the molecule is Cn1ncc2c(=O)[nH]c(CN3CCO[C@H]4CCCC[C@@H]43)nc21. The second-order valence-electron chi connectivity index (χ2n) is 6.25. The zero-order valence-corrected chi connectivity index (χ0v) is 12.8. The van der Waals surface area contributed by atoms with Crippen LogP contribution in [0.5, 0.6) is 0 Å². The Kier molecular flexibility index (Phi) is 3.46.